The molecule has 2 rings (SSSR count). The molecule has 1 unspecified atom stereocenters. The third-order valence-corrected chi connectivity index (χ3v) is 3.87. The average molecular weight is 306 g/mol. The molecule has 0 spiro atoms. The molecule has 1 saturated heterocycles. The Morgan fingerprint density at radius 2 is 1.91 bits per heavy atom. The van der Waals surface area contributed by atoms with Gasteiger partial charge in [-0.1, -0.05) is 0 Å². The molecule has 1 aliphatic heterocycles. The number of nitrogens with two attached hydrogens (primary N) is 1. The van der Waals surface area contributed by atoms with Gasteiger partial charge in [0.05, 0.1) is 26.4 Å². The van der Waals surface area contributed by atoms with E-state index < -0.39 is 6.04 Å². The summed E-state index contributed by atoms with van der Waals surface area (Å²) in [7, 11) is 1.58. The van der Waals surface area contributed by atoms with Crippen molar-refractivity contribution in [3.8, 4) is 5.75 Å². The third-order valence-electron chi connectivity index (χ3n) is 3.87. The van der Waals surface area contributed by atoms with Gasteiger partial charge < -0.3 is 15.2 Å². The highest BCUT2D eigenvalue weighted by atomic mass is 16.5. The largest absolute Gasteiger partial charge is 0.497 e. The Labute approximate surface area is 130 Å². The van der Waals surface area contributed by atoms with E-state index in [1.807, 2.05) is 4.90 Å². The smallest absolute Gasteiger partial charge is 0.234 e. The molecule has 0 saturated carbocycles. The topological polar surface area (TPSA) is 81.9 Å². The molecular formula is C16H22N2O4. The van der Waals surface area contributed by atoms with E-state index in [1.165, 1.54) is 0 Å². The molecule has 1 aromatic rings. The van der Waals surface area contributed by atoms with Crippen LogP contribution in [0.3, 0.4) is 0 Å². The Morgan fingerprint density at radius 3 is 2.45 bits per heavy atom. The molecular weight excluding hydrogens is 284 g/mol. The molecule has 1 aliphatic rings. The second kappa shape index (κ2) is 7.91. The van der Waals surface area contributed by atoms with Crippen molar-refractivity contribution < 1.29 is 19.1 Å². The van der Waals surface area contributed by atoms with Gasteiger partial charge in [-0.2, -0.15) is 0 Å². The number of Topliss-reactive ketones (excluding diaryl/α,β-unsaturated/α-hetero) is 1. The summed E-state index contributed by atoms with van der Waals surface area (Å²) in [5.74, 6) is 0.325. The Bertz CT molecular complexity index is 509. The second-order valence-electron chi connectivity index (χ2n) is 5.26. The molecule has 6 heteroatoms. The second-order valence-corrected chi connectivity index (χ2v) is 5.26. The summed E-state index contributed by atoms with van der Waals surface area (Å²) in [6, 6.07) is 6.55. The van der Waals surface area contributed by atoms with Crippen molar-refractivity contribution in [3.63, 3.8) is 0 Å². The fourth-order valence-corrected chi connectivity index (χ4v) is 2.58. The van der Waals surface area contributed by atoms with Crippen LogP contribution in [-0.2, 0) is 9.53 Å². The molecule has 120 valence electrons. The number of hydrogen-bond acceptors (Lipinski definition) is 5. The van der Waals surface area contributed by atoms with Gasteiger partial charge >= 0.3 is 0 Å². The Hall–Kier alpha value is -1.92. The first-order valence-electron chi connectivity index (χ1n) is 7.40. The lowest BCUT2D eigenvalue weighted by Gasteiger charge is -2.32. The van der Waals surface area contributed by atoms with Gasteiger partial charge in [0.15, 0.2) is 5.78 Å². The van der Waals surface area contributed by atoms with Crippen molar-refractivity contribution in [1.82, 2.24) is 4.90 Å². The standard InChI is InChI=1S/C16H22N2O4/c1-21-13-4-2-12(3-5-13)15(19)7-6-14(16(17)20)18-8-10-22-11-9-18/h2-5,14H,6-11H2,1H3,(H2,17,20). The van der Waals surface area contributed by atoms with E-state index in [9.17, 15) is 9.59 Å². The van der Waals surface area contributed by atoms with Crippen LogP contribution in [0.2, 0.25) is 0 Å². The van der Waals surface area contributed by atoms with Crippen LogP contribution in [0.15, 0.2) is 24.3 Å². The number of methoxy groups -OCH3 is 1. The van der Waals surface area contributed by atoms with Gasteiger partial charge in [0.2, 0.25) is 5.91 Å². The van der Waals surface area contributed by atoms with Crippen LogP contribution in [0, 0.1) is 0 Å². The summed E-state index contributed by atoms with van der Waals surface area (Å²) in [5, 5.41) is 0. The minimum Gasteiger partial charge on any atom is -0.497 e. The summed E-state index contributed by atoms with van der Waals surface area (Å²) in [4.78, 5) is 25.9. The highest BCUT2D eigenvalue weighted by Crippen LogP contribution is 2.16. The van der Waals surface area contributed by atoms with Gasteiger partial charge in [-0.25, -0.2) is 0 Å². The molecule has 1 heterocycles. The van der Waals surface area contributed by atoms with E-state index in [0.29, 0.717) is 44.0 Å². The Kier molecular flexibility index (Phi) is 5.91. The molecule has 22 heavy (non-hydrogen) atoms. The monoisotopic (exact) mass is 306 g/mol. The predicted octanol–water partition coefficient (Wildman–Crippen LogP) is 0.844. The molecule has 0 bridgehead atoms. The van der Waals surface area contributed by atoms with E-state index >= 15 is 0 Å². The number of nitrogens with zero attached hydrogens (tertiary/aromatic N) is 1. The Balaban J connectivity index is 1.93. The minimum absolute atomic E-state index is 0.00200. The number of ketones is 1. The van der Waals surface area contributed by atoms with Crippen LogP contribution < -0.4 is 10.5 Å². The van der Waals surface area contributed by atoms with Crippen molar-refractivity contribution in [2.75, 3.05) is 33.4 Å². The van der Waals surface area contributed by atoms with Gasteiger partial charge in [-0.3, -0.25) is 14.5 Å². The first-order valence-corrected chi connectivity index (χ1v) is 7.40. The normalized spacial score (nSPS) is 17.0. The van der Waals surface area contributed by atoms with E-state index in [4.69, 9.17) is 15.2 Å². The van der Waals surface area contributed by atoms with Crippen molar-refractivity contribution in [3.05, 3.63) is 29.8 Å². The lowest BCUT2D eigenvalue weighted by molar-refractivity contribution is -0.125. The zero-order chi connectivity index (χ0) is 15.9. The first-order chi connectivity index (χ1) is 10.6. The summed E-state index contributed by atoms with van der Waals surface area (Å²) >= 11 is 0. The predicted molar refractivity (Wildman–Crippen MR) is 81.9 cm³/mol. The number of ether oxygens (including phenoxy) is 2. The highest BCUT2D eigenvalue weighted by Gasteiger charge is 2.26. The first kappa shape index (κ1) is 16.5. The van der Waals surface area contributed by atoms with Crippen molar-refractivity contribution >= 4 is 11.7 Å². The molecule has 2 N–H and O–H groups in total. The fourth-order valence-electron chi connectivity index (χ4n) is 2.58. The van der Waals surface area contributed by atoms with E-state index in [1.54, 1.807) is 31.4 Å². The van der Waals surface area contributed by atoms with Crippen molar-refractivity contribution in [2.45, 2.75) is 18.9 Å². The molecule has 0 aromatic heterocycles. The van der Waals surface area contributed by atoms with Crippen LogP contribution in [0.25, 0.3) is 0 Å². The minimum atomic E-state index is -0.411. The van der Waals surface area contributed by atoms with Crippen molar-refractivity contribution in [1.29, 1.82) is 0 Å². The molecule has 0 radical (unpaired) electrons. The number of morpholine rings is 1. The Morgan fingerprint density at radius 1 is 1.27 bits per heavy atom. The third kappa shape index (κ3) is 4.29. The van der Waals surface area contributed by atoms with E-state index in [2.05, 4.69) is 0 Å². The maximum atomic E-state index is 12.2. The van der Waals surface area contributed by atoms with Gasteiger partial charge in [-0.05, 0) is 30.7 Å². The maximum absolute atomic E-state index is 12.2. The molecule has 1 amide bonds. The van der Waals surface area contributed by atoms with Crippen LogP contribution in [0.5, 0.6) is 5.75 Å². The number of amides is 1. The van der Waals surface area contributed by atoms with E-state index in [-0.39, 0.29) is 18.1 Å². The molecule has 1 aromatic carbocycles. The van der Waals surface area contributed by atoms with E-state index in [0.717, 1.165) is 0 Å². The van der Waals surface area contributed by atoms with Crippen LogP contribution in [0.1, 0.15) is 23.2 Å². The number of rotatable bonds is 7. The van der Waals surface area contributed by atoms with Gasteiger partial charge in [-0.15, -0.1) is 0 Å². The lowest BCUT2D eigenvalue weighted by atomic mass is 10.0. The number of benzene rings is 1. The van der Waals surface area contributed by atoms with Crippen molar-refractivity contribution in [2.24, 2.45) is 5.73 Å². The van der Waals surface area contributed by atoms with Gasteiger partial charge in [0.1, 0.15) is 5.75 Å². The number of carbonyl (C=O) groups is 2. The van der Waals surface area contributed by atoms with Crippen LogP contribution in [-0.4, -0.2) is 56.0 Å². The number of hydrogen-bond donors (Lipinski definition) is 1. The SMILES string of the molecule is COc1ccc(C(=O)CCC(C(N)=O)N2CCOCC2)cc1. The summed E-state index contributed by atoms with van der Waals surface area (Å²) in [5.41, 5.74) is 6.10. The van der Waals surface area contributed by atoms with Gasteiger partial charge in [0.25, 0.3) is 0 Å². The summed E-state index contributed by atoms with van der Waals surface area (Å²) < 4.78 is 10.3. The van der Waals surface area contributed by atoms with Crippen LogP contribution >= 0.6 is 0 Å². The zero-order valence-electron chi connectivity index (χ0n) is 12.8. The molecule has 1 fully saturated rings. The zero-order valence-corrected chi connectivity index (χ0v) is 12.8. The molecule has 0 aliphatic carbocycles. The van der Waals surface area contributed by atoms with Crippen LogP contribution in [0.4, 0.5) is 0 Å². The average Bonchev–Trinajstić information content (AvgIpc) is 2.55. The number of carbonyl (C=O) groups excluding carboxylic acids is 2. The quantitative estimate of drug-likeness (QED) is 0.755. The highest BCUT2D eigenvalue weighted by molar-refractivity contribution is 5.96. The molecule has 1 atom stereocenters. The number of primary amides is 1. The van der Waals surface area contributed by atoms with Gasteiger partial charge in [0, 0.05) is 25.1 Å². The fraction of sp³-hybridized carbons (Fsp3) is 0.500. The maximum Gasteiger partial charge on any atom is 0.234 e. The lowest BCUT2D eigenvalue weighted by Crippen LogP contribution is -2.49. The summed E-state index contributed by atoms with van der Waals surface area (Å²) in [6.07, 6.45) is 0.720. The molecule has 6 nitrogen and oxygen atoms in total. The summed E-state index contributed by atoms with van der Waals surface area (Å²) in [6.45, 7) is 2.53.